The lowest BCUT2D eigenvalue weighted by Crippen LogP contribution is -2.29. The van der Waals surface area contributed by atoms with Gasteiger partial charge in [-0.05, 0) is 29.3 Å². The van der Waals surface area contributed by atoms with E-state index in [1.807, 2.05) is 91.0 Å². The van der Waals surface area contributed by atoms with E-state index in [0.717, 1.165) is 27.8 Å². The van der Waals surface area contributed by atoms with Gasteiger partial charge in [-0.15, -0.1) is 0 Å². The normalized spacial score (nSPS) is 17.6. The average molecular weight is 378 g/mol. The summed E-state index contributed by atoms with van der Waals surface area (Å²) >= 11 is 0. The molecule has 0 aliphatic carbocycles. The van der Waals surface area contributed by atoms with Crippen LogP contribution in [0.3, 0.4) is 0 Å². The molecule has 1 aliphatic rings. The first kappa shape index (κ1) is 17.3. The molecule has 0 amide bonds. The van der Waals surface area contributed by atoms with Crippen molar-refractivity contribution in [3.8, 4) is 16.9 Å². The van der Waals surface area contributed by atoms with E-state index in [0.29, 0.717) is 5.56 Å². The van der Waals surface area contributed by atoms with Crippen molar-refractivity contribution in [3.05, 3.63) is 125 Å². The molecule has 140 valence electrons. The Balaban J connectivity index is 1.68. The van der Waals surface area contributed by atoms with E-state index < -0.39 is 5.60 Å². The summed E-state index contributed by atoms with van der Waals surface area (Å²) in [6.07, 6.45) is 0. The van der Waals surface area contributed by atoms with Crippen LogP contribution in [0.2, 0.25) is 0 Å². The van der Waals surface area contributed by atoms with Crippen LogP contribution in [0.25, 0.3) is 11.1 Å². The number of rotatable bonds is 3. The van der Waals surface area contributed by atoms with Gasteiger partial charge in [-0.1, -0.05) is 84.9 Å². The molecule has 0 saturated carbocycles. The molecule has 3 heteroatoms. The van der Waals surface area contributed by atoms with Crippen molar-refractivity contribution < 1.29 is 14.6 Å². The monoisotopic (exact) mass is 378 g/mol. The van der Waals surface area contributed by atoms with Crippen LogP contribution in [0.4, 0.5) is 0 Å². The highest BCUT2D eigenvalue weighted by atomic mass is 16.6. The highest BCUT2D eigenvalue weighted by molar-refractivity contribution is 5.96. The first-order chi connectivity index (χ1) is 14.2. The number of cyclic esters (lactones) is 1. The molecule has 0 fully saturated rings. The lowest BCUT2D eigenvalue weighted by atomic mass is 9.79. The van der Waals surface area contributed by atoms with Gasteiger partial charge in [0.25, 0.3) is 0 Å². The van der Waals surface area contributed by atoms with Gasteiger partial charge in [0.05, 0.1) is 5.56 Å². The molecule has 0 spiro atoms. The van der Waals surface area contributed by atoms with Crippen molar-refractivity contribution in [3.63, 3.8) is 0 Å². The van der Waals surface area contributed by atoms with E-state index in [1.54, 1.807) is 12.1 Å². The Morgan fingerprint density at radius 2 is 1.17 bits per heavy atom. The number of esters is 1. The largest absolute Gasteiger partial charge is 0.508 e. The zero-order chi connectivity index (χ0) is 19.8. The Morgan fingerprint density at radius 3 is 1.86 bits per heavy atom. The maximum absolute atomic E-state index is 12.7. The van der Waals surface area contributed by atoms with Gasteiger partial charge < -0.3 is 9.84 Å². The summed E-state index contributed by atoms with van der Waals surface area (Å²) in [6, 6.07) is 32.5. The second-order valence-electron chi connectivity index (χ2n) is 7.11. The third kappa shape index (κ3) is 2.71. The zero-order valence-corrected chi connectivity index (χ0v) is 15.6. The molecule has 5 rings (SSSR count). The maximum Gasteiger partial charge on any atom is 0.340 e. The van der Waals surface area contributed by atoms with E-state index >= 15 is 0 Å². The fourth-order valence-corrected chi connectivity index (χ4v) is 4.04. The van der Waals surface area contributed by atoms with Gasteiger partial charge in [-0.25, -0.2) is 4.79 Å². The maximum atomic E-state index is 12.7. The Kier molecular flexibility index (Phi) is 3.95. The summed E-state index contributed by atoms with van der Waals surface area (Å²) < 4.78 is 6.08. The number of phenols is 1. The van der Waals surface area contributed by atoms with E-state index in [2.05, 4.69) is 0 Å². The van der Waals surface area contributed by atoms with Gasteiger partial charge in [0.15, 0.2) is 5.60 Å². The first-order valence-corrected chi connectivity index (χ1v) is 9.47. The smallest absolute Gasteiger partial charge is 0.340 e. The first-order valence-electron chi connectivity index (χ1n) is 9.47. The molecule has 4 aromatic carbocycles. The molecule has 0 bridgehead atoms. The van der Waals surface area contributed by atoms with E-state index in [9.17, 15) is 9.90 Å². The van der Waals surface area contributed by atoms with Crippen LogP contribution in [0.1, 0.15) is 27.0 Å². The SMILES string of the molecule is O=C1O[C@](c2ccccc2)(c2ccc(-c3ccc(O)cc3)cc2)c2ccccc21. The van der Waals surface area contributed by atoms with Crippen LogP contribution in [-0.2, 0) is 10.3 Å². The second-order valence-corrected chi connectivity index (χ2v) is 7.11. The van der Waals surface area contributed by atoms with E-state index in [1.165, 1.54) is 0 Å². The molecule has 1 atom stereocenters. The molecule has 29 heavy (non-hydrogen) atoms. The number of hydrogen-bond donors (Lipinski definition) is 1. The number of benzene rings is 4. The Bertz CT molecular complexity index is 1180. The summed E-state index contributed by atoms with van der Waals surface area (Å²) in [5.74, 6) is -0.0741. The number of hydrogen-bond acceptors (Lipinski definition) is 3. The molecule has 1 aliphatic heterocycles. The Hall–Kier alpha value is -3.85. The van der Waals surface area contributed by atoms with Crippen molar-refractivity contribution in [1.82, 2.24) is 0 Å². The highest BCUT2D eigenvalue weighted by Gasteiger charge is 2.48. The van der Waals surface area contributed by atoms with Crippen molar-refractivity contribution >= 4 is 5.97 Å². The van der Waals surface area contributed by atoms with Crippen molar-refractivity contribution in [2.24, 2.45) is 0 Å². The van der Waals surface area contributed by atoms with Gasteiger partial charge in [0, 0.05) is 16.7 Å². The third-order valence-corrected chi connectivity index (χ3v) is 5.44. The van der Waals surface area contributed by atoms with Crippen LogP contribution < -0.4 is 0 Å². The van der Waals surface area contributed by atoms with E-state index in [-0.39, 0.29) is 11.7 Å². The minimum atomic E-state index is -0.970. The standard InChI is InChI=1S/C26H18O3/c27-22-16-12-19(13-17-22)18-10-14-21(15-11-18)26(20-6-2-1-3-7-20)24-9-5-4-8-23(24)25(28)29-26/h1-17,27H/t26-/m1/s1. The number of ether oxygens (including phenoxy) is 1. The Morgan fingerprint density at radius 1 is 0.621 bits per heavy atom. The lowest BCUT2D eigenvalue weighted by Gasteiger charge is -2.30. The molecule has 0 radical (unpaired) electrons. The number of fused-ring (bicyclic) bond motifs is 1. The molecule has 4 aromatic rings. The van der Waals surface area contributed by atoms with Gasteiger partial charge in [-0.2, -0.15) is 0 Å². The molecular formula is C26H18O3. The molecule has 1 N–H and O–H groups in total. The van der Waals surface area contributed by atoms with Crippen LogP contribution in [-0.4, -0.2) is 11.1 Å². The fraction of sp³-hybridized carbons (Fsp3) is 0.0385. The molecular weight excluding hydrogens is 360 g/mol. The summed E-state index contributed by atoms with van der Waals surface area (Å²) in [5.41, 5.74) is 4.32. The minimum absolute atomic E-state index is 0.239. The fourth-order valence-electron chi connectivity index (χ4n) is 4.04. The van der Waals surface area contributed by atoms with Gasteiger partial charge >= 0.3 is 5.97 Å². The van der Waals surface area contributed by atoms with Gasteiger partial charge in [0.1, 0.15) is 5.75 Å². The second kappa shape index (κ2) is 6.64. The molecule has 0 aromatic heterocycles. The van der Waals surface area contributed by atoms with Crippen molar-refractivity contribution in [2.45, 2.75) is 5.60 Å². The number of carbonyl (C=O) groups excluding carboxylic acids is 1. The summed E-state index contributed by atoms with van der Waals surface area (Å²) in [5, 5.41) is 9.52. The molecule has 0 saturated heterocycles. The number of carbonyl (C=O) groups is 1. The van der Waals surface area contributed by atoms with Crippen LogP contribution >= 0.6 is 0 Å². The zero-order valence-electron chi connectivity index (χ0n) is 15.6. The quantitative estimate of drug-likeness (QED) is 0.477. The predicted octanol–water partition coefficient (Wildman–Crippen LogP) is 5.52. The van der Waals surface area contributed by atoms with Crippen LogP contribution in [0.5, 0.6) is 5.75 Å². The predicted molar refractivity (Wildman–Crippen MR) is 112 cm³/mol. The molecule has 0 unspecified atom stereocenters. The lowest BCUT2D eigenvalue weighted by molar-refractivity contribution is 0.0251. The van der Waals surface area contributed by atoms with Crippen molar-refractivity contribution in [2.75, 3.05) is 0 Å². The van der Waals surface area contributed by atoms with Crippen LogP contribution in [0.15, 0.2) is 103 Å². The van der Waals surface area contributed by atoms with Crippen LogP contribution in [0, 0.1) is 0 Å². The highest BCUT2D eigenvalue weighted by Crippen LogP contribution is 2.47. The third-order valence-electron chi connectivity index (χ3n) is 5.44. The van der Waals surface area contributed by atoms with E-state index in [4.69, 9.17) is 4.74 Å². The summed E-state index contributed by atoms with van der Waals surface area (Å²) in [4.78, 5) is 12.7. The summed E-state index contributed by atoms with van der Waals surface area (Å²) in [7, 11) is 0. The number of phenolic OH excluding ortho intramolecular Hbond substituents is 1. The summed E-state index contributed by atoms with van der Waals surface area (Å²) in [6.45, 7) is 0. The minimum Gasteiger partial charge on any atom is -0.508 e. The topological polar surface area (TPSA) is 46.5 Å². The average Bonchev–Trinajstić information content (AvgIpc) is 3.09. The number of aromatic hydroxyl groups is 1. The van der Waals surface area contributed by atoms with Crippen molar-refractivity contribution in [1.29, 1.82) is 0 Å². The van der Waals surface area contributed by atoms with Gasteiger partial charge in [0.2, 0.25) is 0 Å². The molecule has 3 nitrogen and oxygen atoms in total. The Labute approximate surface area is 168 Å². The van der Waals surface area contributed by atoms with Gasteiger partial charge in [-0.3, -0.25) is 0 Å². The molecule has 1 heterocycles.